The largest absolute Gasteiger partial charge is 0.496 e. The molecule has 0 radical (unpaired) electrons. The van der Waals surface area contributed by atoms with E-state index in [0.29, 0.717) is 44.5 Å². The number of halogens is 2. The van der Waals surface area contributed by atoms with Crippen LogP contribution in [0.4, 0.5) is 11.4 Å². The van der Waals surface area contributed by atoms with Gasteiger partial charge in [0.05, 0.1) is 30.6 Å². The summed E-state index contributed by atoms with van der Waals surface area (Å²) in [6.45, 7) is 1.59. The Balaban J connectivity index is 1.40. The third kappa shape index (κ3) is 8.19. The van der Waals surface area contributed by atoms with E-state index < -0.39 is 21.8 Å². The second kappa shape index (κ2) is 14.0. The molecule has 4 rings (SSSR count). The zero-order chi connectivity index (χ0) is 32.0. The minimum atomic E-state index is -3.39. The predicted molar refractivity (Wildman–Crippen MR) is 174 cm³/mol. The molecular weight excluding hydrogens is 627 g/mol. The molecule has 0 spiro atoms. The molecule has 0 aliphatic rings. The number of carbonyl (C=O) groups excluding carboxylic acids is 2. The summed E-state index contributed by atoms with van der Waals surface area (Å²) in [6, 6.07) is 17.0. The summed E-state index contributed by atoms with van der Waals surface area (Å²) in [5, 5.41) is 3.94. The van der Waals surface area contributed by atoms with Crippen LogP contribution in [0.15, 0.2) is 66.7 Å². The number of hydrogen-bond acceptors (Lipinski definition) is 7. The van der Waals surface area contributed by atoms with Crippen molar-refractivity contribution in [2.45, 2.75) is 13.5 Å². The lowest BCUT2D eigenvalue weighted by molar-refractivity contribution is -0.122. The summed E-state index contributed by atoms with van der Waals surface area (Å²) in [4.78, 5) is 31.2. The zero-order valence-corrected chi connectivity index (χ0v) is 26.7. The number of anilines is 2. The van der Waals surface area contributed by atoms with E-state index in [9.17, 15) is 18.0 Å². The number of methoxy groups -OCH3 is 1. The highest BCUT2D eigenvalue weighted by molar-refractivity contribution is 7.92. The van der Waals surface area contributed by atoms with E-state index >= 15 is 0 Å². The van der Waals surface area contributed by atoms with Crippen molar-refractivity contribution in [1.82, 2.24) is 10.3 Å². The molecule has 4 aromatic rings. The number of carbonyl (C=O) groups is 2. The Morgan fingerprint density at radius 3 is 2.45 bits per heavy atom. The van der Waals surface area contributed by atoms with Gasteiger partial charge in [-0.05, 0) is 55.0 Å². The number of para-hydroxylation sites is 1. The number of pyridine rings is 1. The van der Waals surface area contributed by atoms with Gasteiger partial charge in [-0.15, -0.1) is 0 Å². The maximum atomic E-state index is 12.9. The Hall–Kier alpha value is -4.32. The summed E-state index contributed by atoms with van der Waals surface area (Å²) >= 11 is 13.2. The molecule has 13 heteroatoms. The molecule has 44 heavy (non-hydrogen) atoms. The topological polar surface area (TPSA) is 127 Å². The Morgan fingerprint density at radius 1 is 1.05 bits per heavy atom. The Morgan fingerprint density at radius 2 is 1.77 bits per heavy atom. The number of aromatic nitrogens is 1. The third-order valence-corrected chi connectivity index (χ3v) is 7.82. The van der Waals surface area contributed by atoms with Crippen molar-refractivity contribution in [3.8, 4) is 11.5 Å². The van der Waals surface area contributed by atoms with Crippen molar-refractivity contribution >= 4 is 73.4 Å². The van der Waals surface area contributed by atoms with Gasteiger partial charge >= 0.3 is 0 Å². The van der Waals surface area contributed by atoms with Gasteiger partial charge in [-0.2, -0.15) is 0 Å². The van der Waals surface area contributed by atoms with Crippen molar-refractivity contribution in [1.29, 1.82) is 0 Å². The van der Waals surface area contributed by atoms with E-state index in [1.807, 2.05) is 25.1 Å². The van der Waals surface area contributed by atoms with Gasteiger partial charge < -0.3 is 19.7 Å². The van der Waals surface area contributed by atoms with Crippen LogP contribution in [0.2, 0.25) is 10.0 Å². The Labute approximate surface area is 265 Å². The Kier molecular flexibility index (Phi) is 10.4. The van der Waals surface area contributed by atoms with Crippen LogP contribution in [0.25, 0.3) is 17.0 Å². The maximum Gasteiger partial charge on any atom is 0.246 e. The van der Waals surface area contributed by atoms with Crippen molar-refractivity contribution in [3.05, 3.63) is 93.6 Å². The SMILES string of the molecule is COc1cc(C)nc2c(OCc3c(Cl)ccc(N(C)C(=O)CNC(=O)/C=C/c4ccc(NS(C)(=O)=O)cc4)c3Cl)cccc12. The molecule has 230 valence electrons. The van der Waals surface area contributed by atoms with Crippen LogP contribution in [0.5, 0.6) is 11.5 Å². The number of nitrogens with one attached hydrogen (secondary N) is 2. The number of fused-ring (bicyclic) bond motifs is 1. The number of nitrogens with zero attached hydrogens (tertiary/aromatic N) is 2. The fourth-order valence-corrected chi connectivity index (χ4v) is 5.42. The zero-order valence-electron chi connectivity index (χ0n) is 24.4. The van der Waals surface area contributed by atoms with E-state index in [0.717, 1.165) is 17.3 Å². The van der Waals surface area contributed by atoms with Crippen LogP contribution < -0.4 is 24.4 Å². The molecule has 0 fully saturated rings. The first-order valence-electron chi connectivity index (χ1n) is 13.2. The van der Waals surface area contributed by atoms with Crippen LogP contribution in [-0.4, -0.2) is 52.2 Å². The first-order valence-corrected chi connectivity index (χ1v) is 15.9. The second-order valence-corrected chi connectivity index (χ2v) is 12.3. The van der Waals surface area contributed by atoms with Crippen molar-refractivity contribution in [2.24, 2.45) is 0 Å². The smallest absolute Gasteiger partial charge is 0.246 e. The highest BCUT2D eigenvalue weighted by Crippen LogP contribution is 2.36. The van der Waals surface area contributed by atoms with Crippen LogP contribution >= 0.6 is 23.2 Å². The number of aryl methyl sites for hydroxylation is 1. The highest BCUT2D eigenvalue weighted by Gasteiger charge is 2.19. The van der Waals surface area contributed by atoms with E-state index in [1.54, 1.807) is 62.7 Å². The minimum absolute atomic E-state index is 0.0113. The van der Waals surface area contributed by atoms with E-state index in [4.69, 9.17) is 32.7 Å². The van der Waals surface area contributed by atoms with Crippen LogP contribution in [-0.2, 0) is 26.2 Å². The van der Waals surface area contributed by atoms with Gasteiger partial charge in [0.1, 0.15) is 23.6 Å². The van der Waals surface area contributed by atoms with Crippen molar-refractivity contribution in [2.75, 3.05) is 36.6 Å². The molecular formula is C31H30Cl2N4O6S. The summed E-state index contributed by atoms with van der Waals surface area (Å²) in [6.07, 6.45) is 3.87. The molecule has 1 aromatic heterocycles. The molecule has 0 unspecified atom stereocenters. The number of likely N-dealkylation sites (N-methyl/N-ethyl adjacent to an activating group) is 1. The van der Waals surface area contributed by atoms with Gasteiger partial charge in [0.2, 0.25) is 21.8 Å². The molecule has 2 N–H and O–H groups in total. The lowest BCUT2D eigenvalue weighted by Gasteiger charge is -2.21. The standard InChI is InChI=1S/C31H30Cl2N4O6S/c1-19-16-27(42-3)22-6-5-7-26(31(22)35-19)43-18-23-24(32)13-14-25(30(23)33)37(2)29(39)17-34-28(38)15-10-20-8-11-21(12-9-20)36-44(4,40)41/h5-16,36H,17-18H2,1-4H3,(H,34,38)/b15-10+. The molecule has 0 atom stereocenters. The summed E-state index contributed by atoms with van der Waals surface area (Å²) in [5.41, 5.74) is 3.33. The van der Waals surface area contributed by atoms with Gasteiger partial charge in [0.25, 0.3) is 0 Å². The quantitative estimate of drug-likeness (QED) is 0.201. The fourth-order valence-electron chi connectivity index (χ4n) is 4.25. The normalized spacial score (nSPS) is 11.4. The van der Waals surface area contributed by atoms with Gasteiger partial charge in [-0.25, -0.2) is 13.4 Å². The van der Waals surface area contributed by atoms with Gasteiger partial charge in [0.15, 0.2) is 0 Å². The van der Waals surface area contributed by atoms with Gasteiger partial charge in [0, 0.05) is 46.5 Å². The van der Waals surface area contributed by atoms with E-state index in [-0.39, 0.29) is 18.2 Å². The molecule has 1 heterocycles. The summed E-state index contributed by atoms with van der Waals surface area (Å²) in [5.74, 6) is 0.289. The molecule has 3 aromatic carbocycles. The van der Waals surface area contributed by atoms with Crippen LogP contribution in [0, 0.1) is 6.92 Å². The lowest BCUT2D eigenvalue weighted by atomic mass is 10.1. The monoisotopic (exact) mass is 656 g/mol. The van der Waals surface area contributed by atoms with Gasteiger partial charge in [-0.1, -0.05) is 41.4 Å². The minimum Gasteiger partial charge on any atom is -0.496 e. The van der Waals surface area contributed by atoms with Gasteiger partial charge in [-0.3, -0.25) is 14.3 Å². The predicted octanol–water partition coefficient (Wildman–Crippen LogP) is 5.60. The molecule has 0 bridgehead atoms. The van der Waals surface area contributed by atoms with Crippen LogP contribution in [0.1, 0.15) is 16.8 Å². The summed E-state index contributed by atoms with van der Waals surface area (Å²) < 4.78 is 36.6. The first-order chi connectivity index (χ1) is 20.9. The fraction of sp³-hybridized carbons (Fsp3) is 0.194. The highest BCUT2D eigenvalue weighted by atomic mass is 35.5. The molecule has 0 saturated heterocycles. The molecule has 0 aliphatic heterocycles. The maximum absolute atomic E-state index is 12.9. The molecule has 0 aliphatic carbocycles. The first kappa shape index (κ1) is 32.6. The average molecular weight is 658 g/mol. The van der Waals surface area contributed by atoms with E-state index in [1.165, 1.54) is 11.0 Å². The molecule has 0 saturated carbocycles. The lowest BCUT2D eigenvalue weighted by Crippen LogP contribution is -2.37. The molecule has 10 nitrogen and oxygen atoms in total. The number of hydrogen-bond donors (Lipinski definition) is 2. The van der Waals surface area contributed by atoms with E-state index in [2.05, 4.69) is 15.0 Å². The van der Waals surface area contributed by atoms with Crippen molar-refractivity contribution < 1.29 is 27.5 Å². The third-order valence-electron chi connectivity index (χ3n) is 6.44. The molecule has 2 amide bonds. The number of sulfonamides is 1. The number of benzene rings is 3. The van der Waals surface area contributed by atoms with Crippen molar-refractivity contribution in [3.63, 3.8) is 0 Å². The number of ether oxygens (including phenoxy) is 2. The average Bonchev–Trinajstić information content (AvgIpc) is 2.98. The number of amides is 2. The second-order valence-electron chi connectivity index (χ2n) is 9.77. The Bertz CT molecular complexity index is 1850. The van der Waals surface area contributed by atoms with Crippen LogP contribution in [0.3, 0.4) is 0 Å². The summed E-state index contributed by atoms with van der Waals surface area (Å²) in [7, 11) is -0.251. The number of rotatable bonds is 11.